The molecule has 3 heterocycles. The van der Waals surface area contributed by atoms with E-state index < -0.39 is 0 Å². The van der Waals surface area contributed by atoms with Gasteiger partial charge in [0.1, 0.15) is 6.04 Å². The third kappa shape index (κ3) is 3.42. The fourth-order valence-corrected chi connectivity index (χ4v) is 4.60. The van der Waals surface area contributed by atoms with Crippen LogP contribution in [0, 0.1) is 0 Å². The highest BCUT2D eigenvalue weighted by atomic mass is 79.9. The molecule has 0 aliphatic carbocycles. The first-order valence-corrected chi connectivity index (χ1v) is 10.9. The van der Waals surface area contributed by atoms with Crippen molar-refractivity contribution in [1.29, 1.82) is 0 Å². The van der Waals surface area contributed by atoms with Gasteiger partial charge in [0.2, 0.25) is 0 Å². The molecule has 0 spiro atoms. The predicted octanol–water partition coefficient (Wildman–Crippen LogP) is 5.81. The summed E-state index contributed by atoms with van der Waals surface area (Å²) in [5, 5.41) is 4.22. The smallest absolute Gasteiger partial charge is 0.174 e. The second kappa shape index (κ2) is 8.05. The number of anilines is 1. The standard InChI is InChI=1S/C24H19BrN4S/c25-17-11-13-18(14-12-17)28-16-6-10-21(28)23-22(20-9-4-5-15-26-20)27-24(30)29(23)19-7-2-1-3-8-19/h1-16,22-23H,(H,27,30)/t22-,23-/m1/s1. The van der Waals surface area contributed by atoms with E-state index in [0.717, 1.165) is 27.2 Å². The van der Waals surface area contributed by atoms with Gasteiger partial charge in [-0.1, -0.05) is 40.2 Å². The summed E-state index contributed by atoms with van der Waals surface area (Å²) in [6.07, 6.45) is 3.93. The van der Waals surface area contributed by atoms with Crippen LogP contribution in [0.3, 0.4) is 0 Å². The van der Waals surface area contributed by atoms with Gasteiger partial charge in [-0.15, -0.1) is 0 Å². The van der Waals surface area contributed by atoms with Gasteiger partial charge in [0.15, 0.2) is 5.11 Å². The van der Waals surface area contributed by atoms with Crippen LogP contribution < -0.4 is 10.2 Å². The van der Waals surface area contributed by atoms with Crippen molar-refractivity contribution >= 4 is 38.9 Å². The molecule has 0 unspecified atom stereocenters. The minimum absolute atomic E-state index is 0.0477. The Morgan fingerprint density at radius 3 is 2.33 bits per heavy atom. The van der Waals surface area contributed by atoms with E-state index in [2.05, 4.69) is 96.5 Å². The first-order chi connectivity index (χ1) is 14.7. The van der Waals surface area contributed by atoms with E-state index in [1.807, 2.05) is 36.5 Å². The van der Waals surface area contributed by atoms with Gasteiger partial charge in [0.05, 0.1) is 11.7 Å². The summed E-state index contributed by atoms with van der Waals surface area (Å²) in [7, 11) is 0. The zero-order chi connectivity index (χ0) is 20.5. The lowest BCUT2D eigenvalue weighted by atomic mass is 10.0. The molecule has 1 N–H and O–H groups in total. The minimum atomic E-state index is -0.0667. The fourth-order valence-electron chi connectivity index (χ4n) is 3.99. The number of nitrogens with zero attached hydrogens (tertiary/aromatic N) is 3. The Bertz CT molecular complexity index is 1160. The van der Waals surface area contributed by atoms with Crippen molar-refractivity contribution < 1.29 is 0 Å². The van der Waals surface area contributed by atoms with Crippen molar-refractivity contribution in [3.63, 3.8) is 0 Å². The molecule has 4 aromatic rings. The molecule has 0 amide bonds. The summed E-state index contributed by atoms with van der Waals surface area (Å²) in [5.41, 5.74) is 4.27. The highest BCUT2D eigenvalue weighted by Gasteiger charge is 2.42. The number of aromatic nitrogens is 2. The zero-order valence-electron chi connectivity index (χ0n) is 16.0. The number of nitrogens with one attached hydrogen (secondary N) is 1. The zero-order valence-corrected chi connectivity index (χ0v) is 18.4. The third-order valence-corrected chi connectivity index (χ3v) is 6.16. The van der Waals surface area contributed by atoms with E-state index in [4.69, 9.17) is 12.2 Å². The van der Waals surface area contributed by atoms with E-state index in [0.29, 0.717) is 5.11 Å². The number of hydrogen-bond acceptors (Lipinski definition) is 2. The molecule has 6 heteroatoms. The van der Waals surface area contributed by atoms with E-state index in [1.54, 1.807) is 0 Å². The number of halogens is 1. The average molecular weight is 475 g/mol. The quantitative estimate of drug-likeness (QED) is 0.378. The van der Waals surface area contributed by atoms with Gasteiger partial charge in [-0.25, -0.2) is 0 Å². The van der Waals surface area contributed by atoms with Crippen LogP contribution in [0.15, 0.2) is 102 Å². The molecule has 0 saturated carbocycles. The molecule has 148 valence electrons. The summed E-state index contributed by atoms with van der Waals surface area (Å²) < 4.78 is 3.28. The summed E-state index contributed by atoms with van der Waals surface area (Å²) >= 11 is 9.33. The lowest BCUT2D eigenvalue weighted by molar-refractivity contribution is 0.549. The average Bonchev–Trinajstić information content (AvgIpc) is 3.40. The van der Waals surface area contributed by atoms with Crippen molar-refractivity contribution in [2.75, 3.05) is 4.90 Å². The molecule has 2 aromatic heterocycles. The molecule has 2 atom stereocenters. The second-order valence-corrected chi connectivity index (χ2v) is 8.41. The first-order valence-electron chi connectivity index (χ1n) is 9.71. The maximum absolute atomic E-state index is 5.80. The Kier molecular flexibility index (Phi) is 5.11. The maximum Gasteiger partial charge on any atom is 0.174 e. The largest absolute Gasteiger partial charge is 0.351 e. The van der Waals surface area contributed by atoms with Gasteiger partial charge in [-0.05, 0) is 72.9 Å². The summed E-state index contributed by atoms with van der Waals surface area (Å²) in [6.45, 7) is 0. The van der Waals surface area contributed by atoms with Crippen LogP contribution in [0.5, 0.6) is 0 Å². The van der Waals surface area contributed by atoms with Crippen LogP contribution in [0.1, 0.15) is 23.5 Å². The third-order valence-electron chi connectivity index (χ3n) is 5.32. The number of rotatable bonds is 4. The molecule has 0 bridgehead atoms. The highest BCUT2D eigenvalue weighted by molar-refractivity contribution is 9.10. The van der Waals surface area contributed by atoms with Gasteiger partial charge in [0, 0.05) is 33.9 Å². The molecule has 1 aliphatic rings. The number of pyridine rings is 1. The molecule has 1 fully saturated rings. The van der Waals surface area contributed by atoms with Crippen LogP contribution in [0.4, 0.5) is 5.69 Å². The summed E-state index contributed by atoms with van der Waals surface area (Å²) in [4.78, 5) is 6.83. The molecule has 30 heavy (non-hydrogen) atoms. The Hall–Kier alpha value is -2.96. The van der Waals surface area contributed by atoms with E-state index in [1.165, 1.54) is 0 Å². The van der Waals surface area contributed by atoms with Crippen LogP contribution >= 0.6 is 28.1 Å². The van der Waals surface area contributed by atoms with Crippen molar-refractivity contribution in [3.8, 4) is 5.69 Å². The Morgan fingerprint density at radius 1 is 0.833 bits per heavy atom. The first kappa shape index (κ1) is 19.0. The van der Waals surface area contributed by atoms with Crippen molar-refractivity contribution in [3.05, 3.63) is 113 Å². The number of thiocarbonyl (C=S) groups is 1. The van der Waals surface area contributed by atoms with Crippen LogP contribution in [0.25, 0.3) is 5.69 Å². The molecule has 1 saturated heterocycles. The van der Waals surface area contributed by atoms with E-state index in [9.17, 15) is 0 Å². The predicted molar refractivity (Wildman–Crippen MR) is 128 cm³/mol. The lowest BCUT2D eigenvalue weighted by Gasteiger charge is -2.29. The van der Waals surface area contributed by atoms with Gasteiger partial charge >= 0.3 is 0 Å². The van der Waals surface area contributed by atoms with Crippen molar-refractivity contribution in [1.82, 2.24) is 14.9 Å². The van der Waals surface area contributed by atoms with Crippen molar-refractivity contribution in [2.24, 2.45) is 0 Å². The Labute approximate surface area is 189 Å². The maximum atomic E-state index is 5.80. The lowest BCUT2D eigenvalue weighted by Crippen LogP contribution is -2.30. The minimum Gasteiger partial charge on any atom is -0.351 e. The summed E-state index contributed by atoms with van der Waals surface area (Å²) in [5.74, 6) is 0. The highest BCUT2D eigenvalue weighted by Crippen LogP contribution is 2.42. The second-order valence-electron chi connectivity index (χ2n) is 7.11. The SMILES string of the molecule is S=C1N[C@H](c2ccccn2)[C@@H](c2cccn2-c2ccc(Br)cc2)N1c1ccccc1. The van der Waals surface area contributed by atoms with Gasteiger partial charge in [-0.2, -0.15) is 0 Å². The van der Waals surface area contributed by atoms with Gasteiger partial charge in [-0.3, -0.25) is 4.98 Å². The molecular weight excluding hydrogens is 456 g/mol. The molecule has 5 rings (SSSR count). The van der Waals surface area contributed by atoms with Crippen LogP contribution in [0.2, 0.25) is 0 Å². The van der Waals surface area contributed by atoms with Gasteiger partial charge < -0.3 is 14.8 Å². The molecule has 4 nitrogen and oxygen atoms in total. The number of benzene rings is 2. The van der Waals surface area contributed by atoms with Gasteiger partial charge in [0.25, 0.3) is 0 Å². The monoisotopic (exact) mass is 474 g/mol. The topological polar surface area (TPSA) is 33.1 Å². The molecule has 0 radical (unpaired) electrons. The fraction of sp³-hybridized carbons (Fsp3) is 0.0833. The number of para-hydroxylation sites is 1. The van der Waals surface area contributed by atoms with Crippen LogP contribution in [-0.4, -0.2) is 14.7 Å². The normalized spacial score (nSPS) is 18.4. The molecule has 2 aromatic carbocycles. The van der Waals surface area contributed by atoms with E-state index >= 15 is 0 Å². The summed E-state index contributed by atoms with van der Waals surface area (Å²) in [6, 6.07) is 28.7. The number of hydrogen-bond donors (Lipinski definition) is 1. The molecular formula is C24H19BrN4S. The Morgan fingerprint density at radius 2 is 1.60 bits per heavy atom. The molecule has 1 aliphatic heterocycles. The van der Waals surface area contributed by atoms with Crippen LogP contribution in [-0.2, 0) is 0 Å². The van der Waals surface area contributed by atoms with Crippen molar-refractivity contribution in [2.45, 2.75) is 12.1 Å². The Balaban J connectivity index is 1.66. The van der Waals surface area contributed by atoms with E-state index in [-0.39, 0.29) is 12.1 Å².